The summed E-state index contributed by atoms with van der Waals surface area (Å²) in [4.78, 5) is 26.2. The van der Waals surface area contributed by atoms with Crippen LogP contribution in [0.25, 0.3) is 22.3 Å². The Morgan fingerprint density at radius 1 is 1.00 bits per heavy atom. The van der Waals surface area contributed by atoms with Gasteiger partial charge in [0.05, 0.1) is 35.3 Å². The molecule has 1 N–H and O–H groups in total. The van der Waals surface area contributed by atoms with Crippen molar-refractivity contribution in [3.63, 3.8) is 0 Å². The lowest BCUT2D eigenvalue weighted by Crippen LogP contribution is -2.23. The minimum absolute atomic E-state index is 0.105. The Morgan fingerprint density at radius 2 is 1.75 bits per heavy atom. The molecule has 1 aromatic heterocycles. The van der Waals surface area contributed by atoms with Crippen LogP contribution in [0.3, 0.4) is 0 Å². The van der Waals surface area contributed by atoms with Crippen LogP contribution in [0.15, 0.2) is 57.7 Å². The summed E-state index contributed by atoms with van der Waals surface area (Å²) in [5.41, 5.74) is 2.56. The number of carbonyl (C=O) groups excluding carboxylic acids is 1. The first kappa shape index (κ1) is 25.4. The largest absolute Gasteiger partial charge is 0.493 e. The maximum atomic E-state index is 13.6. The molecule has 186 valence electrons. The summed E-state index contributed by atoms with van der Waals surface area (Å²) in [6, 6.07) is 13.6. The second kappa shape index (κ2) is 10.5. The Hall–Kier alpha value is -3.68. The molecule has 1 amide bonds. The number of fused-ring (bicyclic) bond motifs is 1. The van der Waals surface area contributed by atoms with Crippen LogP contribution in [-0.2, 0) is 4.79 Å². The molecule has 0 atom stereocenters. The number of methoxy groups -OCH3 is 2. The van der Waals surface area contributed by atoms with Gasteiger partial charge in [0.25, 0.3) is 5.91 Å². The van der Waals surface area contributed by atoms with Gasteiger partial charge in [0.2, 0.25) is 11.2 Å². The molecule has 1 heterocycles. The molecule has 0 saturated heterocycles. The summed E-state index contributed by atoms with van der Waals surface area (Å²) >= 11 is 12.2. The van der Waals surface area contributed by atoms with Gasteiger partial charge in [-0.3, -0.25) is 9.59 Å². The maximum Gasteiger partial charge on any atom is 0.262 e. The molecule has 4 aromatic rings. The quantitative estimate of drug-likeness (QED) is 0.298. The monoisotopic (exact) mass is 527 g/mol. The molecule has 7 nitrogen and oxygen atoms in total. The first-order valence-corrected chi connectivity index (χ1v) is 11.7. The van der Waals surface area contributed by atoms with E-state index in [4.69, 9.17) is 41.8 Å². The van der Waals surface area contributed by atoms with E-state index in [0.29, 0.717) is 38.7 Å². The van der Waals surface area contributed by atoms with Gasteiger partial charge in [0.1, 0.15) is 5.58 Å². The number of benzene rings is 3. The van der Waals surface area contributed by atoms with Crippen LogP contribution < -0.4 is 25.0 Å². The number of hydrogen-bond acceptors (Lipinski definition) is 6. The van der Waals surface area contributed by atoms with Crippen molar-refractivity contribution in [3.8, 4) is 28.6 Å². The summed E-state index contributed by atoms with van der Waals surface area (Å²) in [5.74, 6) is 0.479. The first-order valence-electron chi connectivity index (χ1n) is 10.9. The van der Waals surface area contributed by atoms with Crippen LogP contribution in [0.4, 0.5) is 5.69 Å². The van der Waals surface area contributed by atoms with Crippen molar-refractivity contribution in [2.45, 2.75) is 13.8 Å². The highest BCUT2D eigenvalue weighted by atomic mass is 35.5. The number of carbonyl (C=O) groups is 1. The van der Waals surface area contributed by atoms with Crippen LogP contribution in [0.1, 0.15) is 11.1 Å². The molecule has 0 fully saturated rings. The van der Waals surface area contributed by atoms with Gasteiger partial charge in [-0.2, -0.15) is 0 Å². The van der Waals surface area contributed by atoms with Crippen molar-refractivity contribution in [1.82, 2.24) is 0 Å². The molecule has 0 spiro atoms. The molecule has 0 saturated carbocycles. The zero-order chi connectivity index (χ0) is 26.0. The lowest BCUT2D eigenvalue weighted by molar-refractivity contribution is -0.118. The molecule has 4 rings (SSSR count). The summed E-state index contributed by atoms with van der Waals surface area (Å²) < 4.78 is 22.7. The van der Waals surface area contributed by atoms with Crippen molar-refractivity contribution >= 4 is 45.8 Å². The number of rotatable bonds is 7. The average molecular weight is 528 g/mol. The van der Waals surface area contributed by atoms with Crippen molar-refractivity contribution in [2.75, 3.05) is 26.1 Å². The Bertz CT molecular complexity index is 1530. The zero-order valence-corrected chi connectivity index (χ0v) is 21.5. The van der Waals surface area contributed by atoms with Gasteiger partial charge in [-0.25, -0.2) is 0 Å². The second-order valence-corrected chi connectivity index (χ2v) is 8.84. The van der Waals surface area contributed by atoms with Crippen LogP contribution >= 0.6 is 23.2 Å². The van der Waals surface area contributed by atoms with E-state index >= 15 is 0 Å². The van der Waals surface area contributed by atoms with Crippen molar-refractivity contribution < 1.29 is 23.4 Å². The topological polar surface area (TPSA) is 87.0 Å². The van der Waals surface area contributed by atoms with Gasteiger partial charge >= 0.3 is 0 Å². The number of nitrogens with one attached hydrogen (secondary N) is 1. The number of anilines is 1. The van der Waals surface area contributed by atoms with Gasteiger partial charge in [-0.1, -0.05) is 35.3 Å². The van der Waals surface area contributed by atoms with E-state index in [1.54, 1.807) is 42.5 Å². The van der Waals surface area contributed by atoms with Gasteiger partial charge in [0.15, 0.2) is 23.9 Å². The summed E-state index contributed by atoms with van der Waals surface area (Å²) in [7, 11) is 3.03. The first-order chi connectivity index (χ1) is 17.2. The van der Waals surface area contributed by atoms with Gasteiger partial charge in [-0.05, 0) is 61.4 Å². The van der Waals surface area contributed by atoms with E-state index in [1.165, 1.54) is 14.2 Å². The third-order valence-corrected chi connectivity index (χ3v) is 6.32. The predicted octanol–water partition coefficient (Wildman–Crippen LogP) is 6.42. The van der Waals surface area contributed by atoms with Gasteiger partial charge in [-0.15, -0.1) is 0 Å². The Labute approximate surface area is 217 Å². The van der Waals surface area contributed by atoms with Crippen molar-refractivity contribution in [1.29, 1.82) is 0 Å². The number of hydrogen-bond donors (Lipinski definition) is 1. The van der Waals surface area contributed by atoms with E-state index in [1.807, 2.05) is 19.9 Å². The fraction of sp³-hybridized carbons (Fsp3) is 0.185. The van der Waals surface area contributed by atoms with Gasteiger partial charge in [0, 0.05) is 5.56 Å². The lowest BCUT2D eigenvalue weighted by atomic mass is 10.0. The maximum absolute atomic E-state index is 13.6. The molecule has 36 heavy (non-hydrogen) atoms. The van der Waals surface area contributed by atoms with Gasteiger partial charge < -0.3 is 23.9 Å². The molecular weight excluding hydrogens is 505 g/mol. The SMILES string of the molecule is COc1ccc(-c2oc3c(C)cc(C)cc3c(=O)c2OCC(=O)Nc2cccc(Cl)c2Cl)cc1OC. The van der Waals surface area contributed by atoms with Crippen LogP contribution in [0.5, 0.6) is 17.2 Å². The summed E-state index contributed by atoms with van der Waals surface area (Å²) in [5, 5.41) is 3.49. The fourth-order valence-electron chi connectivity index (χ4n) is 3.86. The summed E-state index contributed by atoms with van der Waals surface area (Å²) in [6.07, 6.45) is 0. The van der Waals surface area contributed by atoms with Crippen molar-refractivity contribution in [2.24, 2.45) is 0 Å². The van der Waals surface area contributed by atoms with Crippen LogP contribution in [0, 0.1) is 13.8 Å². The number of halogens is 2. The van der Waals surface area contributed by atoms with E-state index in [9.17, 15) is 9.59 Å². The molecule has 0 bridgehead atoms. The third kappa shape index (κ3) is 4.98. The minimum Gasteiger partial charge on any atom is -0.493 e. The normalized spacial score (nSPS) is 10.8. The van der Waals surface area contributed by atoms with Crippen LogP contribution in [0.2, 0.25) is 10.0 Å². The molecular formula is C27H23Cl2NO6. The highest BCUT2D eigenvalue weighted by molar-refractivity contribution is 6.44. The lowest BCUT2D eigenvalue weighted by Gasteiger charge is -2.15. The number of aryl methyl sites for hydroxylation is 2. The predicted molar refractivity (Wildman–Crippen MR) is 141 cm³/mol. The molecule has 0 radical (unpaired) electrons. The van der Waals surface area contributed by atoms with E-state index < -0.39 is 17.9 Å². The van der Waals surface area contributed by atoms with Crippen molar-refractivity contribution in [3.05, 3.63) is 79.9 Å². The standard InChI is InChI=1S/C27H23Cl2NO6/c1-14-10-15(2)25-17(11-14)24(32)27(26(36-25)16-8-9-20(33-3)21(12-16)34-4)35-13-22(31)30-19-7-5-6-18(28)23(19)29/h5-12H,13H2,1-4H3,(H,30,31). The smallest absolute Gasteiger partial charge is 0.262 e. The number of amides is 1. The third-order valence-electron chi connectivity index (χ3n) is 5.50. The highest BCUT2D eigenvalue weighted by Crippen LogP contribution is 2.37. The molecule has 0 aliphatic heterocycles. The zero-order valence-electron chi connectivity index (χ0n) is 20.0. The molecule has 0 aliphatic rings. The summed E-state index contributed by atoms with van der Waals surface area (Å²) in [6.45, 7) is 3.28. The molecule has 9 heteroatoms. The minimum atomic E-state index is -0.530. The van der Waals surface area contributed by atoms with E-state index in [2.05, 4.69) is 5.32 Å². The Morgan fingerprint density at radius 3 is 2.47 bits per heavy atom. The number of ether oxygens (including phenoxy) is 3. The molecule has 0 aliphatic carbocycles. The average Bonchev–Trinajstić information content (AvgIpc) is 2.86. The molecule has 0 unspecified atom stereocenters. The Balaban J connectivity index is 1.78. The molecule has 3 aromatic carbocycles. The second-order valence-electron chi connectivity index (χ2n) is 8.06. The highest BCUT2D eigenvalue weighted by Gasteiger charge is 2.22. The van der Waals surface area contributed by atoms with E-state index in [0.717, 1.165) is 11.1 Å². The Kier molecular flexibility index (Phi) is 7.43. The van der Waals surface area contributed by atoms with Crippen LogP contribution in [-0.4, -0.2) is 26.7 Å². The fourth-order valence-corrected chi connectivity index (χ4v) is 4.20. The van der Waals surface area contributed by atoms with E-state index in [-0.39, 0.29) is 16.5 Å².